The first-order valence-corrected chi connectivity index (χ1v) is 8.20. The molecule has 1 aliphatic heterocycles. The molecule has 136 valence electrons. The fourth-order valence-corrected chi connectivity index (χ4v) is 3.25. The second kappa shape index (κ2) is 6.90. The zero-order chi connectivity index (χ0) is 18.9. The number of nitro benzene ring substituents is 1. The first kappa shape index (κ1) is 19.0. The van der Waals surface area contributed by atoms with E-state index in [4.69, 9.17) is 5.11 Å². The lowest BCUT2D eigenvalue weighted by atomic mass is 9.96. The number of likely N-dealkylation sites (tertiary alicyclic amines) is 1. The Balaban J connectivity index is 2.31. The first-order valence-electron chi connectivity index (χ1n) is 6.97. The molecule has 1 saturated heterocycles. The largest absolute Gasteiger partial charge is 0.481 e. The second-order valence-electron chi connectivity index (χ2n) is 5.45. The Bertz CT molecular complexity index is 725. The minimum Gasteiger partial charge on any atom is -0.481 e. The summed E-state index contributed by atoms with van der Waals surface area (Å²) < 4.78 is 39.0. The molecule has 0 aromatic heterocycles. The lowest BCUT2D eigenvalue weighted by Gasteiger charge is -2.18. The van der Waals surface area contributed by atoms with Crippen molar-refractivity contribution in [3.63, 3.8) is 0 Å². The Hall–Kier alpha value is -2.30. The third-order valence-corrected chi connectivity index (χ3v) is 4.75. The smallest absolute Gasteiger partial charge is 0.394 e. The number of aliphatic carboxylic acids is 1. The summed E-state index contributed by atoms with van der Waals surface area (Å²) in [4.78, 5) is 34.9. The Morgan fingerprint density at radius 2 is 2.00 bits per heavy atom. The van der Waals surface area contributed by atoms with E-state index >= 15 is 0 Å². The molecule has 1 aliphatic rings. The number of carbonyl (C=O) groups is 2. The minimum atomic E-state index is -4.76. The van der Waals surface area contributed by atoms with E-state index in [2.05, 4.69) is 0 Å². The van der Waals surface area contributed by atoms with Crippen LogP contribution in [-0.4, -0.2) is 52.3 Å². The Labute approximate surface area is 143 Å². The SMILES string of the molecule is CSc1ccc(C(=O)N2C[C@@H](C(F)(F)F)[C@H](C(=O)O)C2)cc1[N+](=O)[O-]. The number of amides is 1. The number of nitro groups is 1. The van der Waals surface area contributed by atoms with Gasteiger partial charge in [0.2, 0.25) is 0 Å². The topological polar surface area (TPSA) is 101 Å². The lowest BCUT2D eigenvalue weighted by molar-refractivity contribution is -0.387. The zero-order valence-electron chi connectivity index (χ0n) is 12.8. The second-order valence-corrected chi connectivity index (χ2v) is 6.29. The molecule has 0 radical (unpaired) electrons. The van der Waals surface area contributed by atoms with Crippen LogP contribution in [0.2, 0.25) is 0 Å². The maximum Gasteiger partial charge on any atom is 0.394 e. The van der Waals surface area contributed by atoms with Crippen LogP contribution < -0.4 is 0 Å². The number of carboxylic acids is 1. The van der Waals surface area contributed by atoms with Crippen molar-refractivity contribution in [2.45, 2.75) is 11.1 Å². The van der Waals surface area contributed by atoms with Gasteiger partial charge >= 0.3 is 12.1 Å². The molecule has 0 bridgehead atoms. The van der Waals surface area contributed by atoms with Gasteiger partial charge in [0.05, 0.1) is 21.7 Å². The van der Waals surface area contributed by atoms with E-state index in [1.807, 2.05) is 0 Å². The number of hydrogen-bond donors (Lipinski definition) is 1. The van der Waals surface area contributed by atoms with Crippen molar-refractivity contribution in [3.05, 3.63) is 33.9 Å². The molecule has 1 fully saturated rings. The highest BCUT2D eigenvalue weighted by molar-refractivity contribution is 7.98. The number of alkyl halides is 3. The number of rotatable bonds is 4. The van der Waals surface area contributed by atoms with E-state index in [9.17, 15) is 32.9 Å². The Morgan fingerprint density at radius 1 is 1.36 bits per heavy atom. The van der Waals surface area contributed by atoms with Crippen molar-refractivity contribution >= 4 is 29.3 Å². The molecule has 0 unspecified atom stereocenters. The monoisotopic (exact) mass is 378 g/mol. The molecular weight excluding hydrogens is 365 g/mol. The van der Waals surface area contributed by atoms with Crippen LogP contribution in [0.5, 0.6) is 0 Å². The summed E-state index contributed by atoms with van der Waals surface area (Å²) in [5.41, 5.74) is -0.490. The van der Waals surface area contributed by atoms with E-state index in [1.54, 1.807) is 6.26 Å². The van der Waals surface area contributed by atoms with Gasteiger partial charge in [-0.25, -0.2) is 0 Å². The maximum atomic E-state index is 13.0. The van der Waals surface area contributed by atoms with E-state index < -0.39 is 47.9 Å². The minimum absolute atomic E-state index is 0.156. The summed E-state index contributed by atoms with van der Waals surface area (Å²) in [6, 6.07) is 3.60. The molecule has 25 heavy (non-hydrogen) atoms. The Kier molecular flexibility index (Phi) is 5.26. The van der Waals surface area contributed by atoms with E-state index in [0.29, 0.717) is 4.90 Å². The molecule has 7 nitrogen and oxygen atoms in total. The molecule has 1 aromatic carbocycles. The molecule has 0 saturated carbocycles. The summed E-state index contributed by atoms with van der Waals surface area (Å²) in [5.74, 6) is -6.44. The van der Waals surface area contributed by atoms with Crippen LogP contribution in [0.25, 0.3) is 0 Å². The summed E-state index contributed by atoms with van der Waals surface area (Å²) in [7, 11) is 0. The van der Waals surface area contributed by atoms with E-state index in [-0.39, 0.29) is 11.3 Å². The Morgan fingerprint density at radius 3 is 2.44 bits per heavy atom. The summed E-state index contributed by atoms with van der Waals surface area (Å²) >= 11 is 1.09. The normalized spacial score (nSPS) is 20.6. The van der Waals surface area contributed by atoms with Crippen molar-refractivity contribution in [1.82, 2.24) is 4.90 Å². The lowest BCUT2D eigenvalue weighted by Crippen LogP contribution is -2.34. The van der Waals surface area contributed by atoms with Gasteiger partial charge in [0, 0.05) is 24.7 Å². The van der Waals surface area contributed by atoms with E-state index in [1.165, 1.54) is 12.1 Å². The van der Waals surface area contributed by atoms with Crippen LogP contribution >= 0.6 is 11.8 Å². The molecule has 0 spiro atoms. The van der Waals surface area contributed by atoms with Gasteiger partial charge in [0.25, 0.3) is 11.6 Å². The zero-order valence-corrected chi connectivity index (χ0v) is 13.6. The predicted octanol–water partition coefficient (Wildman–Crippen LogP) is 2.65. The summed E-state index contributed by atoms with van der Waals surface area (Å²) in [6.07, 6.45) is -3.15. The van der Waals surface area contributed by atoms with Crippen LogP contribution in [0.4, 0.5) is 18.9 Å². The molecule has 1 heterocycles. The summed E-state index contributed by atoms with van der Waals surface area (Å²) in [6.45, 7) is -1.40. The number of halogens is 3. The van der Waals surface area contributed by atoms with Crippen molar-refractivity contribution < 1.29 is 32.8 Å². The maximum absolute atomic E-state index is 13.0. The standard InChI is InChI=1S/C14H13F3N2O5S/c1-25-11-3-2-7(4-10(11)19(23)24)12(20)18-5-8(13(21)22)9(6-18)14(15,16)17/h2-4,8-9H,5-6H2,1H3,(H,21,22)/t8-,9-/m1/s1. The number of nitrogens with zero attached hydrogens (tertiary/aromatic N) is 2. The van der Waals surface area contributed by atoms with Crippen molar-refractivity contribution in [2.75, 3.05) is 19.3 Å². The van der Waals surface area contributed by atoms with Crippen molar-refractivity contribution in [3.8, 4) is 0 Å². The van der Waals surface area contributed by atoms with Crippen LogP contribution in [0, 0.1) is 22.0 Å². The van der Waals surface area contributed by atoms with Gasteiger partial charge in [-0.1, -0.05) is 0 Å². The molecule has 1 N–H and O–H groups in total. The van der Waals surface area contributed by atoms with Gasteiger partial charge in [-0.15, -0.1) is 11.8 Å². The van der Waals surface area contributed by atoms with Crippen LogP contribution in [0.1, 0.15) is 10.4 Å². The predicted molar refractivity (Wildman–Crippen MR) is 81.5 cm³/mol. The highest BCUT2D eigenvalue weighted by Crippen LogP contribution is 2.38. The quantitative estimate of drug-likeness (QED) is 0.491. The van der Waals surface area contributed by atoms with Gasteiger partial charge < -0.3 is 10.0 Å². The summed E-state index contributed by atoms with van der Waals surface area (Å²) in [5, 5.41) is 20.0. The van der Waals surface area contributed by atoms with Crippen molar-refractivity contribution in [1.29, 1.82) is 0 Å². The van der Waals surface area contributed by atoms with Gasteiger partial charge in [-0.2, -0.15) is 13.2 Å². The van der Waals surface area contributed by atoms with Crippen LogP contribution in [0.15, 0.2) is 23.1 Å². The fraction of sp³-hybridized carbons (Fsp3) is 0.429. The first-order chi connectivity index (χ1) is 11.6. The van der Waals surface area contributed by atoms with Gasteiger partial charge in [0.1, 0.15) is 0 Å². The van der Waals surface area contributed by atoms with Crippen LogP contribution in [-0.2, 0) is 4.79 Å². The number of carbonyl (C=O) groups excluding carboxylic acids is 1. The number of benzene rings is 1. The number of hydrogen-bond acceptors (Lipinski definition) is 5. The van der Waals surface area contributed by atoms with Gasteiger partial charge in [-0.05, 0) is 18.4 Å². The molecule has 2 rings (SSSR count). The highest BCUT2D eigenvalue weighted by Gasteiger charge is 2.53. The van der Waals surface area contributed by atoms with Gasteiger partial charge in [-0.3, -0.25) is 19.7 Å². The number of carboxylic acid groups (broad SMARTS) is 1. The van der Waals surface area contributed by atoms with Crippen LogP contribution in [0.3, 0.4) is 0 Å². The average Bonchev–Trinajstić information content (AvgIpc) is 2.99. The highest BCUT2D eigenvalue weighted by atomic mass is 32.2. The molecule has 2 atom stereocenters. The fourth-order valence-electron chi connectivity index (χ4n) is 2.70. The number of thioether (sulfide) groups is 1. The average molecular weight is 378 g/mol. The van der Waals surface area contributed by atoms with Gasteiger partial charge in [0.15, 0.2) is 0 Å². The molecule has 11 heteroatoms. The molecule has 1 amide bonds. The molecule has 0 aliphatic carbocycles. The van der Waals surface area contributed by atoms with E-state index in [0.717, 1.165) is 22.7 Å². The molecule has 1 aromatic rings. The third kappa shape index (κ3) is 3.86. The van der Waals surface area contributed by atoms with Crippen molar-refractivity contribution in [2.24, 2.45) is 11.8 Å². The third-order valence-electron chi connectivity index (χ3n) is 3.97. The molecular formula is C14H13F3N2O5S.